The van der Waals surface area contributed by atoms with Crippen molar-refractivity contribution in [2.75, 3.05) is 5.75 Å². The Morgan fingerprint density at radius 1 is 0.759 bits per heavy atom. The summed E-state index contributed by atoms with van der Waals surface area (Å²) in [6, 6.07) is 0. The standard InChI is InChI=1S/C24H38O4S/c1-2-3-4-5-6-7-8-9-10-11-12-13-14-15-16-17-18-19-20-29-22(24(27)28)21-23(25)26/h6-7,9-10,12-13,15-16,22H,2-5,8,11,14,17-21H2,1H3,(H,25,26)(H,27,28)/b7-6+,10-9+,13-12+,16-15+. The maximum absolute atomic E-state index is 10.9. The molecule has 2 N–H and O–H groups in total. The summed E-state index contributed by atoms with van der Waals surface area (Å²) in [6.45, 7) is 2.23. The molecule has 0 amide bonds. The number of carboxylic acid groups (broad SMARTS) is 2. The molecule has 164 valence electrons. The van der Waals surface area contributed by atoms with E-state index >= 15 is 0 Å². The summed E-state index contributed by atoms with van der Waals surface area (Å²) >= 11 is 1.22. The summed E-state index contributed by atoms with van der Waals surface area (Å²) in [7, 11) is 0. The molecule has 0 aliphatic carbocycles. The summed E-state index contributed by atoms with van der Waals surface area (Å²) in [6.07, 6.45) is 28.1. The van der Waals surface area contributed by atoms with E-state index in [9.17, 15) is 9.59 Å². The number of thioether (sulfide) groups is 1. The molecule has 1 atom stereocenters. The van der Waals surface area contributed by atoms with E-state index in [4.69, 9.17) is 10.2 Å². The first-order valence-electron chi connectivity index (χ1n) is 10.7. The molecule has 0 radical (unpaired) electrons. The van der Waals surface area contributed by atoms with Gasteiger partial charge >= 0.3 is 11.9 Å². The molecule has 0 bridgehead atoms. The van der Waals surface area contributed by atoms with Crippen molar-refractivity contribution in [2.45, 2.75) is 82.8 Å². The van der Waals surface area contributed by atoms with Crippen molar-refractivity contribution in [3.05, 3.63) is 48.6 Å². The minimum Gasteiger partial charge on any atom is -0.481 e. The van der Waals surface area contributed by atoms with Crippen molar-refractivity contribution in [3.8, 4) is 0 Å². The van der Waals surface area contributed by atoms with Crippen LogP contribution in [0.15, 0.2) is 48.6 Å². The molecule has 5 heteroatoms. The molecule has 1 unspecified atom stereocenters. The van der Waals surface area contributed by atoms with Crippen LogP contribution in [0.25, 0.3) is 0 Å². The average Bonchev–Trinajstić information content (AvgIpc) is 2.68. The van der Waals surface area contributed by atoms with Gasteiger partial charge < -0.3 is 10.2 Å². The van der Waals surface area contributed by atoms with Crippen LogP contribution in [0.1, 0.15) is 77.6 Å². The zero-order chi connectivity index (χ0) is 21.6. The fraction of sp³-hybridized carbons (Fsp3) is 0.583. The number of rotatable bonds is 19. The zero-order valence-electron chi connectivity index (χ0n) is 17.8. The number of carboxylic acids is 2. The van der Waals surface area contributed by atoms with E-state index in [0.29, 0.717) is 5.75 Å². The van der Waals surface area contributed by atoms with Crippen LogP contribution in [0.4, 0.5) is 0 Å². The summed E-state index contributed by atoms with van der Waals surface area (Å²) in [4.78, 5) is 21.6. The highest BCUT2D eigenvalue weighted by Gasteiger charge is 2.20. The number of hydrogen-bond acceptors (Lipinski definition) is 3. The van der Waals surface area contributed by atoms with E-state index in [0.717, 1.165) is 38.5 Å². The minimum atomic E-state index is -1.06. The van der Waals surface area contributed by atoms with Crippen LogP contribution in [0, 0.1) is 0 Å². The molecule has 0 aliphatic rings. The molecule has 0 rings (SSSR count). The Morgan fingerprint density at radius 2 is 1.24 bits per heavy atom. The predicted molar refractivity (Wildman–Crippen MR) is 125 cm³/mol. The maximum Gasteiger partial charge on any atom is 0.317 e. The molecule has 0 saturated carbocycles. The smallest absolute Gasteiger partial charge is 0.317 e. The van der Waals surface area contributed by atoms with Gasteiger partial charge in [-0.05, 0) is 57.1 Å². The topological polar surface area (TPSA) is 74.6 Å². The van der Waals surface area contributed by atoms with Gasteiger partial charge in [0.05, 0.1) is 6.42 Å². The maximum atomic E-state index is 10.9. The third kappa shape index (κ3) is 20.8. The van der Waals surface area contributed by atoms with Gasteiger partial charge in [0.1, 0.15) is 5.25 Å². The average molecular weight is 423 g/mol. The Kier molecular flexibility index (Phi) is 19.7. The molecule has 0 heterocycles. The molecule has 0 fully saturated rings. The quantitative estimate of drug-likeness (QED) is 0.177. The van der Waals surface area contributed by atoms with Crippen molar-refractivity contribution in [1.82, 2.24) is 0 Å². The highest BCUT2D eigenvalue weighted by molar-refractivity contribution is 8.00. The van der Waals surface area contributed by atoms with E-state index in [-0.39, 0.29) is 6.42 Å². The lowest BCUT2D eigenvalue weighted by Crippen LogP contribution is -2.20. The number of unbranched alkanes of at least 4 members (excludes halogenated alkanes) is 5. The van der Waals surface area contributed by atoms with Gasteiger partial charge in [0.2, 0.25) is 0 Å². The summed E-state index contributed by atoms with van der Waals surface area (Å²) in [5.41, 5.74) is 0. The lowest BCUT2D eigenvalue weighted by atomic mass is 10.2. The third-order valence-corrected chi connectivity index (χ3v) is 5.47. The Bertz CT molecular complexity index is 535. The van der Waals surface area contributed by atoms with Gasteiger partial charge in [-0.2, -0.15) is 0 Å². The first-order valence-corrected chi connectivity index (χ1v) is 11.8. The van der Waals surface area contributed by atoms with Crippen LogP contribution in [0.2, 0.25) is 0 Å². The van der Waals surface area contributed by atoms with E-state index < -0.39 is 17.2 Å². The second-order valence-electron chi connectivity index (χ2n) is 6.88. The van der Waals surface area contributed by atoms with Gasteiger partial charge in [0.15, 0.2) is 0 Å². The summed E-state index contributed by atoms with van der Waals surface area (Å²) in [5.74, 6) is -1.43. The Hall–Kier alpha value is -1.75. The van der Waals surface area contributed by atoms with Crippen LogP contribution >= 0.6 is 11.8 Å². The van der Waals surface area contributed by atoms with E-state index in [1.54, 1.807) is 0 Å². The van der Waals surface area contributed by atoms with Crippen LogP contribution in [-0.2, 0) is 9.59 Å². The Morgan fingerprint density at radius 3 is 1.69 bits per heavy atom. The van der Waals surface area contributed by atoms with Crippen molar-refractivity contribution in [2.24, 2.45) is 0 Å². The van der Waals surface area contributed by atoms with Crippen molar-refractivity contribution < 1.29 is 19.8 Å². The fourth-order valence-corrected chi connectivity index (χ4v) is 3.59. The largest absolute Gasteiger partial charge is 0.481 e. The van der Waals surface area contributed by atoms with E-state index in [1.165, 1.54) is 37.4 Å². The lowest BCUT2D eigenvalue weighted by Gasteiger charge is -2.08. The van der Waals surface area contributed by atoms with Gasteiger partial charge in [-0.1, -0.05) is 68.4 Å². The monoisotopic (exact) mass is 422 g/mol. The SMILES string of the molecule is CCCCC/C=C/C/C=C/C/C=C/C/C=C/CCCCSC(CC(=O)O)C(=O)O. The molecule has 0 aromatic rings. The normalized spacial score (nSPS) is 13.3. The second-order valence-corrected chi connectivity index (χ2v) is 8.19. The van der Waals surface area contributed by atoms with E-state index in [1.807, 2.05) is 0 Å². The second kappa shape index (κ2) is 21.0. The van der Waals surface area contributed by atoms with Gasteiger partial charge in [-0.3, -0.25) is 9.59 Å². The van der Waals surface area contributed by atoms with Gasteiger partial charge in [-0.25, -0.2) is 0 Å². The Labute approximate surface area is 180 Å². The molecule has 0 aromatic carbocycles. The van der Waals surface area contributed by atoms with Crippen LogP contribution in [-0.4, -0.2) is 33.2 Å². The first kappa shape index (κ1) is 27.2. The highest BCUT2D eigenvalue weighted by atomic mass is 32.2. The predicted octanol–water partition coefficient (Wildman–Crippen LogP) is 6.79. The molecule has 4 nitrogen and oxygen atoms in total. The van der Waals surface area contributed by atoms with Crippen LogP contribution in [0.5, 0.6) is 0 Å². The van der Waals surface area contributed by atoms with Gasteiger partial charge in [0, 0.05) is 0 Å². The summed E-state index contributed by atoms with van der Waals surface area (Å²) in [5, 5.41) is 16.8. The third-order valence-electron chi connectivity index (χ3n) is 4.18. The van der Waals surface area contributed by atoms with E-state index in [2.05, 4.69) is 55.5 Å². The Balaban J connectivity index is 3.58. The molecule has 29 heavy (non-hydrogen) atoms. The van der Waals surface area contributed by atoms with Crippen molar-refractivity contribution in [1.29, 1.82) is 0 Å². The number of aliphatic carboxylic acids is 2. The van der Waals surface area contributed by atoms with Crippen molar-refractivity contribution >= 4 is 23.7 Å². The number of hydrogen-bond donors (Lipinski definition) is 2. The lowest BCUT2D eigenvalue weighted by molar-refractivity contribution is -0.142. The molecule has 0 aliphatic heterocycles. The first-order chi connectivity index (χ1) is 14.1. The molecular weight excluding hydrogens is 384 g/mol. The van der Waals surface area contributed by atoms with Crippen LogP contribution in [0.3, 0.4) is 0 Å². The van der Waals surface area contributed by atoms with Gasteiger partial charge in [-0.15, -0.1) is 11.8 Å². The highest BCUT2D eigenvalue weighted by Crippen LogP contribution is 2.17. The molecule has 0 aromatic heterocycles. The molecule has 0 saturated heterocycles. The molecular formula is C24H38O4S. The van der Waals surface area contributed by atoms with Gasteiger partial charge in [0.25, 0.3) is 0 Å². The summed E-state index contributed by atoms with van der Waals surface area (Å²) < 4.78 is 0. The zero-order valence-corrected chi connectivity index (χ0v) is 18.6. The number of carbonyl (C=O) groups is 2. The minimum absolute atomic E-state index is 0.322. The molecule has 0 spiro atoms. The number of allylic oxidation sites excluding steroid dienone is 8. The van der Waals surface area contributed by atoms with Crippen LogP contribution < -0.4 is 0 Å². The fourth-order valence-electron chi connectivity index (χ4n) is 2.53. The van der Waals surface area contributed by atoms with Crippen molar-refractivity contribution in [3.63, 3.8) is 0 Å².